The molecule has 3 aromatic rings. The van der Waals surface area contributed by atoms with Crippen LogP contribution in [0.5, 0.6) is 11.6 Å². The van der Waals surface area contributed by atoms with Gasteiger partial charge >= 0.3 is 0 Å². The summed E-state index contributed by atoms with van der Waals surface area (Å²) in [6, 6.07) is 11.4. The van der Waals surface area contributed by atoms with Gasteiger partial charge in [-0.1, -0.05) is 36.7 Å². The molecule has 1 saturated carbocycles. The summed E-state index contributed by atoms with van der Waals surface area (Å²) in [6.45, 7) is 3.67. The number of halogens is 1. The van der Waals surface area contributed by atoms with E-state index in [-0.39, 0.29) is 59.3 Å². The number of benzene rings is 2. The summed E-state index contributed by atoms with van der Waals surface area (Å²) in [4.78, 5) is 30.2. The van der Waals surface area contributed by atoms with Gasteiger partial charge in [0.05, 0.1) is 50.6 Å². The number of nitrogens with one attached hydrogen (secondary N) is 1. The number of amides is 2. The Morgan fingerprint density at radius 2 is 1.98 bits per heavy atom. The van der Waals surface area contributed by atoms with Crippen molar-refractivity contribution in [1.82, 2.24) is 14.5 Å². The number of methoxy groups -OCH3 is 2. The van der Waals surface area contributed by atoms with Gasteiger partial charge in [0.25, 0.3) is 11.8 Å². The first-order valence-corrected chi connectivity index (χ1v) is 20.9. The molecule has 3 heterocycles. The highest BCUT2D eigenvalue weighted by Gasteiger charge is 2.44. The molecule has 1 fully saturated rings. The highest BCUT2D eigenvalue weighted by Crippen LogP contribution is 2.47. The van der Waals surface area contributed by atoms with Crippen LogP contribution in [-0.4, -0.2) is 96.0 Å². The monoisotopic (exact) mass is 795 g/mol. The van der Waals surface area contributed by atoms with Gasteiger partial charge in [-0.15, -0.1) is 9.46 Å². The van der Waals surface area contributed by atoms with E-state index in [9.17, 15) is 18.9 Å². The smallest absolute Gasteiger partial charge is 0.286 e. The normalized spacial score (nSPS) is 29.8. The second-order valence-corrected chi connectivity index (χ2v) is 17.7. The molecule has 7 rings (SSSR count). The predicted molar refractivity (Wildman–Crippen MR) is 209 cm³/mol. The molecule has 2 N–H and O–H groups in total. The average Bonchev–Trinajstić information content (AvgIpc) is 3.47. The molecular formula is C40H50ClN5O8S. The maximum atomic E-state index is 14.8. The van der Waals surface area contributed by atoms with E-state index in [1.165, 1.54) is 29.1 Å². The van der Waals surface area contributed by atoms with Gasteiger partial charge in [-0.3, -0.25) is 19.0 Å². The Labute approximate surface area is 327 Å². The van der Waals surface area contributed by atoms with Crippen molar-refractivity contribution in [2.24, 2.45) is 29.2 Å². The number of aromatic nitrogens is 2. The number of anilines is 1. The SMILES string of the molecule is COc1nn(C)cc1C(=O)N[S@@]1(=O)=NC(=O)c2ccc3c(c2)N(C[C@@H]2CC[C@H]2[C@@H](OCCO)/C=C/C(OC)[C@H](C)C1)C[C@@]1(CCCc2cc(Cl)ccc21)CO3. The molecule has 4 aliphatic rings. The van der Waals surface area contributed by atoms with Crippen molar-refractivity contribution < 1.29 is 37.9 Å². The third-order valence-electron chi connectivity index (χ3n) is 11.6. The molecule has 296 valence electrons. The number of carbonyl (C=O) groups is 2. The molecule has 2 aliphatic heterocycles. The fourth-order valence-electron chi connectivity index (χ4n) is 8.73. The minimum Gasteiger partial charge on any atom is -0.490 e. The molecule has 2 amide bonds. The van der Waals surface area contributed by atoms with Crippen LogP contribution in [0.2, 0.25) is 5.02 Å². The molecular weight excluding hydrogens is 746 g/mol. The molecule has 7 atom stereocenters. The summed E-state index contributed by atoms with van der Waals surface area (Å²) in [5.74, 6) is -1.04. The molecule has 15 heteroatoms. The summed E-state index contributed by atoms with van der Waals surface area (Å²) in [5, 5.41) is 14.6. The van der Waals surface area contributed by atoms with Crippen molar-refractivity contribution in [3.8, 4) is 11.6 Å². The molecule has 1 unspecified atom stereocenters. The summed E-state index contributed by atoms with van der Waals surface area (Å²) in [5.41, 5.74) is 3.15. The summed E-state index contributed by atoms with van der Waals surface area (Å²) >= 11 is 6.47. The molecule has 1 aromatic heterocycles. The fourth-order valence-corrected chi connectivity index (χ4v) is 10.8. The van der Waals surface area contributed by atoms with Crippen molar-refractivity contribution in [3.05, 3.63) is 82.0 Å². The van der Waals surface area contributed by atoms with Gasteiger partial charge in [-0.25, -0.2) is 4.21 Å². The zero-order valence-corrected chi connectivity index (χ0v) is 33.3. The Morgan fingerprint density at radius 1 is 1.16 bits per heavy atom. The van der Waals surface area contributed by atoms with Crippen molar-refractivity contribution >= 4 is 39.0 Å². The quantitative estimate of drug-likeness (QED) is 0.308. The van der Waals surface area contributed by atoms with Gasteiger partial charge in [0, 0.05) is 49.4 Å². The number of aryl methyl sites for hydroxylation is 2. The van der Waals surface area contributed by atoms with Crippen molar-refractivity contribution in [2.45, 2.75) is 56.7 Å². The van der Waals surface area contributed by atoms with Crippen LogP contribution in [0.15, 0.2) is 59.1 Å². The zero-order valence-electron chi connectivity index (χ0n) is 31.7. The number of carbonyl (C=O) groups excluding carboxylic acids is 2. The first-order chi connectivity index (χ1) is 26.4. The second kappa shape index (κ2) is 16.3. The topological polar surface area (TPSA) is 154 Å². The molecule has 13 nitrogen and oxygen atoms in total. The van der Waals surface area contributed by atoms with Gasteiger partial charge in [0.2, 0.25) is 5.88 Å². The van der Waals surface area contributed by atoms with Crippen LogP contribution in [0.1, 0.15) is 64.4 Å². The molecule has 1 spiro atoms. The number of hydrogen-bond acceptors (Lipinski definition) is 10. The number of aliphatic hydroxyl groups excluding tert-OH is 1. The van der Waals surface area contributed by atoms with Crippen LogP contribution in [0, 0.1) is 17.8 Å². The molecule has 0 saturated heterocycles. The van der Waals surface area contributed by atoms with Crippen molar-refractivity contribution in [2.75, 3.05) is 57.8 Å². The zero-order chi connectivity index (χ0) is 38.9. The van der Waals surface area contributed by atoms with Crippen LogP contribution in [0.25, 0.3) is 0 Å². The lowest BCUT2D eigenvalue weighted by Crippen LogP contribution is -2.49. The van der Waals surface area contributed by atoms with E-state index in [1.807, 2.05) is 25.1 Å². The van der Waals surface area contributed by atoms with Gasteiger partial charge in [-0.05, 0) is 91.3 Å². The maximum Gasteiger partial charge on any atom is 0.286 e. The lowest BCUT2D eigenvalue weighted by molar-refractivity contribution is -0.0264. The largest absolute Gasteiger partial charge is 0.490 e. The van der Waals surface area contributed by atoms with Crippen LogP contribution in [0.3, 0.4) is 0 Å². The third kappa shape index (κ3) is 8.15. The summed E-state index contributed by atoms with van der Waals surface area (Å²) in [6.07, 6.45) is 9.24. The van der Waals surface area contributed by atoms with Crippen LogP contribution >= 0.6 is 11.6 Å². The minimum atomic E-state index is -3.76. The lowest BCUT2D eigenvalue weighted by atomic mass is 9.68. The van der Waals surface area contributed by atoms with E-state index in [2.05, 4.69) is 31.2 Å². The number of ether oxygens (including phenoxy) is 4. The standard InChI is InChI=1S/C40H50ClN5O8S/c1-25-22-55(50,44-38(49)31-21-45(2)42-39(31)52-4)43-37(48)27-8-12-36-33(19-27)46(20-28-7-10-30(28)35(53-17-16-47)14-13-34(25)51-3)23-40(24-54-36)15-5-6-26-18-29(41)9-11-32(26)40/h8-9,11-14,18-19,21,25,28,30,34-35,47H,5-7,10,15-17,20,22-24H2,1-4H3,(H,43,44,48,49,50)/b14-13+/t25-,28+,30-,34?,35+,40+,55+/m1/s1. The van der Waals surface area contributed by atoms with E-state index >= 15 is 0 Å². The van der Waals surface area contributed by atoms with Crippen LogP contribution in [0.4, 0.5) is 5.69 Å². The molecule has 2 aromatic carbocycles. The van der Waals surface area contributed by atoms with E-state index in [1.54, 1.807) is 32.4 Å². The Kier molecular flexibility index (Phi) is 11.6. The number of hydrogen-bond donors (Lipinski definition) is 2. The molecule has 2 aliphatic carbocycles. The average molecular weight is 796 g/mol. The van der Waals surface area contributed by atoms with Gasteiger partial charge < -0.3 is 29.0 Å². The van der Waals surface area contributed by atoms with Gasteiger partial charge in [0.1, 0.15) is 21.2 Å². The predicted octanol–water partition coefficient (Wildman–Crippen LogP) is 5.13. The maximum absolute atomic E-state index is 14.8. The Bertz CT molecular complexity index is 2080. The van der Waals surface area contributed by atoms with Gasteiger partial charge in [0.15, 0.2) is 0 Å². The molecule has 0 radical (unpaired) electrons. The third-order valence-corrected chi connectivity index (χ3v) is 13.7. The molecule has 55 heavy (non-hydrogen) atoms. The first kappa shape index (κ1) is 39.3. The minimum absolute atomic E-state index is 0.0452. The number of nitrogens with zero attached hydrogens (tertiary/aromatic N) is 4. The van der Waals surface area contributed by atoms with Crippen molar-refractivity contribution in [1.29, 1.82) is 0 Å². The Morgan fingerprint density at radius 3 is 2.73 bits per heavy atom. The first-order valence-electron chi connectivity index (χ1n) is 18.9. The lowest BCUT2D eigenvalue weighted by Gasteiger charge is -2.46. The number of aliphatic hydroxyl groups is 1. The number of fused-ring (bicyclic) bond motifs is 4. The Hall–Kier alpha value is -3.95. The fraction of sp³-hybridized carbons (Fsp3) is 0.525. The van der Waals surface area contributed by atoms with E-state index in [0.29, 0.717) is 30.5 Å². The summed E-state index contributed by atoms with van der Waals surface area (Å²) < 4.78 is 47.2. The molecule has 2 bridgehead atoms. The highest BCUT2D eigenvalue weighted by atomic mass is 35.5. The highest BCUT2D eigenvalue weighted by molar-refractivity contribution is 7.92. The van der Waals surface area contributed by atoms with Crippen LogP contribution in [-0.2, 0) is 38.3 Å². The van der Waals surface area contributed by atoms with Gasteiger partial charge in [-0.2, -0.15) is 0 Å². The van der Waals surface area contributed by atoms with E-state index in [0.717, 1.165) is 37.8 Å². The Balaban J connectivity index is 1.33. The number of rotatable bonds is 7. The van der Waals surface area contributed by atoms with Crippen LogP contribution < -0.4 is 19.1 Å². The van der Waals surface area contributed by atoms with E-state index in [4.69, 9.17) is 30.5 Å². The summed E-state index contributed by atoms with van der Waals surface area (Å²) in [7, 11) is 0.818. The van der Waals surface area contributed by atoms with E-state index < -0.39 is 33.8 Å². The second-order valence-electron chi connectivity index (χ2n) is 15.3. The van der Waals surface area contributed by atoms with Crippen molar-refractivity contribution in [3.63, 3.8) is 0 Å².